The molecule has 0 aromatic heterocycles. The second-order valence-corrected chi connectivity index (χ2v) is 5.62. The topological polar surface area (TPSA) is 52.6 Å². The summed E-state index contributed by atoms with van der Waals surface area (Å²) in [5.74, 6) is 0.233. The van der Waals surface area contributed by atoms with Crippen LogP contribution in [0.2, 0.25) is 0 Å². The third-order valence-electron chi connectivity index (χ3n) is 4.09. The maximum absolute atomic E-state index is 12.1. The van der Waals surface area contributed by atoms with Crippen molar-refractivity contribution >= 4 is 16.8 Å². The fourth-order valence-corrected chi connectivity index (χ4v) is 2.80. The summed E-state index contributed by atoms with van der Waals surface area (Å²) < 4.78 is 0. The van der Waals surface area contributed by atoms with E-state index in [4.69, 9.17) is 5.11 Å². The van der Waals surface area contributed by atoms with Gasteiger partial charge in [-0.05, 0) is 28.8 Å². The molecule has 0 radical (unpaired) electrons. The van der Waals surface area contributed by atoms with Crippen molar-refractivity contribution in [1.82, 2.24) is 10.2 Å². The summed E-state index contributed by atoms with van der Waals surface area (Å²) in [6.45, 7) is 2.08. The third-order valence-corrected chi connectivity index (χ3v) is 4.09. The van der Waals surface area contributed by atoms with Gasteiger partial charge in [-0.2, -0.15) is 0 Å². The number of likely N-dealkylation sites (tertiary alicyclic amines) is 1. The Labute approximate surface area is 124 Å². The largest absolute Gasteiger partial charge is 0.396 e. The highest BCUT2D eigenvalue weighted by atomic mass is 16.3. The summed E-state index contributed by atoms with van der Waals surface area (Å²) in [5, 5.41) is 14.5. The molecule has 0 bridgehead atoms. The van der Waals surface area contributed by atoms with Crippen molar-refractivity contribution in [2.75, 3.05) is 19.7 Å². The van der Waals surface area contributed by atoms with Gasteiger partial charge in [0.1, 0.15) is 0 Å². The number of amides is 2. The molecule has 0 aliphatic carbocycles. The Morgan fingerprint density at radius 1 is 1.24 bits per heavy atom. The molecule has 110 valence electrons. The van der Waals surface area contributed by atoms with Gasteiger partial charge < -0.3 is 15.3 Å². The first-order valence-corrected chi connectivity index (χ1v) is 7.37. The van der Waals surface area contributed by atoms with Crippen LogP contribution in [0.5, 0.6) is 0 Å². The van der Waals surface area contributed by atoms with E-state index in [-0.39, 0.29) is 18.6 Å². The lowest BCUT2D eigenvalue weighted by Gasteiger charge is -2.17. The Morgan fingerprint density at radius 3 is 2.81 bits per heavy atom. The summed E-state index contributed by atoms with van der Waals surface area (Å²) in [6, 6.07) is 14.4. The lowest BCUT2D eigenvalue weighted by Crippen LogP contribution is -2.38. The number of carbonyl (C=O) groups excluding carboxylic acids is 1. The molecule has 1 atom stereocenters. The minimum absolute atomic E-state index is 0.0425. The molecule has 1 saturated heterocycles. The molecule has 0 saturated carbocycles. The second kappa shape index (κ2) is 6.14. The van der Waals surface area contributed by atoms with E-state index in [1.165, 1.54) is 10.8 Å². The van der Waals surface area contributed by atoms with E-state index in [2.05, 4.69) is 29.6 Å². The molecule has 1 heterocycles. The highest BCUT2D eigenvalue weighted by molar-refractivity contribution is 5.83. The van der Waals surface area contributed by atoms with E-state index in [0.717, 1.165) is 18.5 Å². The standard InChI is InChI=1S/C17H20N2O2/c20-12-14-7-8-19(11-14)17(21)18-10-13-5-6-15-3-1-2-4-16(15)9-13/h1-6,9,14,20H,7-8,10-12H2,(H,18,21). The lowest BCUT2D eigenvalue weighted by molar-refractivity contribution is 0.198. The Balaban J connectivity index is 1.60. The summed E-state index contributed by atoms with van der Waals surface area (Å²) in [5.41, 5.74) is 1.10. The van der Waals surface area contributed by atoms with Gasteiger partial charge in [-0.1, -0.05) is 36.4 Å². The number of nitrogens with one attached hydrogen (secondary N) is 1. The van der Waals surface area contributed by atoms with Crippen LogP contribution < -0.4 is 5.32 Å². The highest BCUT2D eigenvalue weighted by Gasteiger charge is 2.25. The molecular weight excluding hydrogens is 264 g/mol. The zero-order valence-electron chi connectivity index (χ0n) is 12.0. The molecule has 1 aliphatic heterocycles. The molecule has 3 rings (SSSR count). The molecule has 1 aliphatic rings. The number of benzene rings is 2. The van der Waals surface area contributed by atoms with Crippen molar-refractivity contribution in [3.05, 3.63) is 48.0 Å². The van der Waals surface area contributed by atoms with Crippen LogP contribution in [0.3, 0.4) is 0 Å². The predicted octanol–water partition coefficient (Wildman–Crippen LogP) is 2.36. The maximum Gasteiger partial charge on any atom is 0.317 e. The Kier molecular flexibility index (Phi) is 4.06. The van der Waals surface area contributed by atoms with Crippen LogP contribution in [0, 0.1) is 5.92 Å². The minimum Gasteiger partial charge on any atom is -0.396 e. The van der Waals surface area contributed by atoms with Gasteiger partial charge in [0.15, 0.2) is 0 Å². The number of rotatable bonds is 3. The molecule has 0 spiro atoms. The van der Waals surface area contributed by atoms with Gasteiger partial charge in [-0.15, -0.1) is 0 Å². The Hall–Kier alpha value is -2.07. The quantitative estimate of drug-likeness (QED) is 0.909. The average Bonchev–Trinajstić information content (AvgIpc) is 3.01. The van der Waals surface area contributed by atoms with Crippen molar-refractivity contribution in [2.24, 2.45) is 5.92 Å². The van der Waals surface area contributed by atoms with Gasteiger partial charge in [0.05, 0.1) is 0 Å². The number of fused-ring (bicyclic) bond motifs is 1. The summed E-state index contributed by atoms with van der Waals surface area (Å²) in [4.78, 5) is 13.9. The van der Waals surface area contributed by atoms with Gasteiger partial charge >= 0.3 is 6.03 Å². The fourth-order valence-electron chi connectivity index (χ4n) is 2.80. The SMILES string of the molecule is O=C(NCc1ccc2ccccc2c1)N1CCC(CO)C1. The van der Waals surface area contributed by atoms with Crippen LogP contribution in [0.1, 0.15) is 12.0 Å². The summed E-state index contributed by atoms with van der Waals surface area (Å²) >= 11 is 0. The van der Waals surface area contributed by atoms with Crippen LogP contribution in [0.4, 0.5) is 4.79 Å². The first-order valence-electron chi connectivity index (χ1n) is 7.37. The molecule has 2 amide bonds. The normalized spacial score (nSPS) is 18.1. The van der Waals surface area contributed by atoms with E-state index >= 15 is 0 Å². The number of hydrogen-bond acceptors (Lipinski definition) is 2. The minimum atomic E-state index is -0.0425. The molecule has 4 heteroatoms. The van der Waals surface area contributed by atoms with E-state index in [9.17, 15) is 4.79 Å². The number of aliphatic hydroxyl groups excluding tert-OH is 1. The van der Waals surface area contributed by atoms with E-state index < -0.39 is 0 Å². The van der Waals surface area contributed by atoms with Gasteiger partial charge in [0.25, 0.3) is 0 Å². The average molecular weight is 284 g/mol. The zero-order valence-corrected chi connectivity index (χ0v) is 12.0. The molecule has 1 unspecified atom stereocenters. The van der Waals surface area contributed by atoms with E-state index in [1.807, 2.05) is 18.2 Å². The highest BCUT2D eigenvalue weighted by Crippen LogP contribution is 2.17. The fraction of sp³-hybridized carbons (Fsp3) is 0.353. The van der Waals surface area contributed by atoms with E-state index in [0.29, 0.717) is 13.1 Å². The van der Waals surface area contributed by atoms with Crippen molar-refractivity contribution in [3.8, 4) is 0 Å². The molecule has 2 N–H and O–H groups in total. The second-order valence-electron chi connectivity index (χ2n) is 5.62. The van der Waals surface area contributed by atoms with Crippen molar-refractivity contribution in [2.45, 2.75) is 13.0 Å². The number of nitrogens with zero attached hydrogens (tertiary/aromatic N) is 1. The van der Waals surface area contributed by atoms with Gasteiger partial charge in [-0.25, -0.2) is 4.79 Å². The number of hydrogen-bond donors (Lipinski definition) is 2. The molecule has 1 fully saturated rings. The van der Waals surface area contributed by atoms with Crippen molar-refractivity contribution < 1.29 is 9.90 Å². The monoisotopic (exact) mass is 284 g/mol. The number of urea groups is 1. The summed E-state index contributed by atoms with van der Waals surface area (Å²) in [6.07, 6.45) is 0.889. The smallest absolute Gasteiger partial charge is 0.317 e. The maximum atomic E-state index is 12.1. The third kappa shape index (κ3) is 3.16. The van der Waals surface area contributed by atoms with Crippen LogP contribution in [-0.2, 0) is 6.54 Å². The predicted molar refractivity (Wildman–Crippen MR) is 82.9 cm³/mol. The van der Waals surface area contributed by atoms with E-state index in [1.54, 1.807) is 4.90 Å². The molecule has 4 nitrogen and oxygen atoms in total. The van der Waals surface area contributed by atoms with Crippen LogP contribution in [0.15, 0.2) is 42.5 Å². The van der Waals surface area contributed by atoms with Crippen LogP contribution in [-0.4, -0.2) is 35.7 Å². The van der Waals surface area contributed by atoms with Crippen LogP contribution in [0.25, 0.3) is 10.8 Å². The van der Waals surface area contributed by atoms with Gasteiger partial charge in [0.2, 0.25) is 0 Å². The first kappa shape index (κ1) is 13.9. The lowest BCUT2D eigenvalue weighted by atomic mass is 10.1. The molecule has 2 aromatic rings. The zero-order chi connectivity index (χ0) is 14.7. The molecule has 21 heavy (non-hydrogen) atoms. The van der Waals surface area contributed by atoms with Crippen molar-refractivity contribution in [1.29, 1.82) is 0 Å². The van der Waals surface area contributed by atoms with Crippen molar-refractivity contribution in [3.63, 3.8) is 0 Å². The van der Waals surface area contributed by atoms with Gasteiger partial charge in [-0.3, -0.25) is 0 Å². The molecular formula is C17H20N2O2. The van der Waals surface area contributed by atoms with Crippen LogP contribution >= 0.6 is 0 Å². The number of carbonyl (C=O) groups is 1. The first-order chi connectivity index (χ1) is 10.3. The summed E-state index contributed by atoms with van der Waals surface area (Å²) in [7, 11) is 0. The molecule has 2 aromatic carbocycles. The Morgan fingerprint density at radius 2 is 2.05 bits per heavy atom. The Bertz CT molecular complexity index is 641. The van der Waals surface area contributed by atoms with Gasteiger partial charge in [0, 0.05) is 32.2 Å². The number of aliphatic hydroxyl groups is 1.